The van der Waals surface area contributed by atoms with Crippen molar-refractivity contribution in [3.05, 3.63) is 53.1 Å². The Bertz CT molecular complexity index is 1380. The van der Waals surface area contributed by atoms with E-state index in [1.165, 1.54) is 6.20 Å². The Labute approximate surface area is 207 Å². The minimum Gasteiger partial charge on any atom is -0.452 e. The van der Waals surface area contributed by atoms with Crippen molar-refractivity contribution in [2.24, 2.45) is 0 Å². The first-order valence-corrected chi connectivity index (χ1v) is 12.4. The van der Waals surface area contributed by atoms with Gasteiger partial charge in [0.1, 0.15) is 5.52 Å². The summed E-state index contributed by atoms with van der Waals surface area (Å²) in [6, 6.07) is 4.70. The van der Waals surface area contributed by atoms with Gasteiger partial charge in [-0.2, -0.15) is 5.10 Å². The average molecular weight is 494 g/mol. The molecule has 9 nitrogen and oxygen atoms in total. The molecule has 3 aromatic rings. The molecule has 1 saturated heterocycles. The predicted molar refractivity (Wildman–Crippen MR) is 130 cm³/mol. The molecule has 188 valence electrons. The molecule has 4 heterocycles. The van der Waals surface area contributed by atoms with Crippen LogP contribution in [0.15, 0.2) is 30.6 Å². The lowest BCUT2D eigenvalue weighted by Gasteiger charge is -2.43. The summed E-state index contributed by atoms with van der Waals surface area (Å²) in [4.78, 5) is 28.9. The first kappa shape index (κ1) is 22.8. The van der Waals surface area contributed by atoms with E-state index in [4.69, 9.17) is 4.74 Å². The number of urea groups is 1. The highest BCUT2D eigenvalue weighted by Gasteiger charge is 2.39. The van der Waals surface area contributed by atoms with Gasteiger partial charge in [0, 0.05) is 37.0 Å². The number of carbonyl (C=O) groups excluding carboxylic acids is 2. The second-order valence-corrected chi connectivity index (χ2v) is 9.88. The van der Waals surface area contributed by atoms with Crippen LogP contribution >= 0.6 is 0 Å². The van der Waals surface area contributed by atoms with Gasteiger partial charge in [0.2, 0.25) is 0 Å². The van der Waals surface area contributed by atoms with Gasteiger partial charge in [-0.3, -0.25) is 9.69 Å². The van der Waals surface area contributed by atoms with Crippen LogP contribution in [0.25, 0.3) is 5.52 Å². The summed E-state index contributed by atoms with van der Waals surface area (Å²) in [5.74, 6) is -0.253. The van der Waals surface area contributed by atoms with Gasteiger partial charge in [-0.15, -0.1) is 0 Å². The number of aryl methyl sites for hydroxylation is 1. The molecule has 0 unspecified atom stereocenters. The second kappa shape index (κ2) is 8.48. The Morgan fingerprint density at radius 1 is 1.22 bits per heavy atom. The Kier molecular flexibility index (Phi) is 5.36. The second-order valence-electron chi connectivity index (χ2n) is 9.88. The van der Waals surface area contributed by atoms with Crippen molar-refractivity contribution in [2.75, 3.05) is 18.0 Å². The van der Waals surface area contributed by atoms with Crippen molar-refractivity contribution in [1.82, 2.24) is 19.8 Å². The minimum atomic E-state index is -0.522. The van der Waals surface area contributed by atoms with Gasteiger partial charge in [-0.05, 0) is 57.2 Å². The van der Waals surface area contributed by atoms with Gasteiger partial charge in [0.15, 0.2) is 17.3 Å². The number of carbonyl (C=O) groups is 2. The van der Waals surface area contributed by atoms with Crippen LogP contribution in [0.4, 0.5) is 14.9 Å². The maximum atomic E-state index is 15.6. The Hall–Kier alpha value is -3.66. The summed E-state index contributed by atoms with van der Waals surface area (Å²) in [5.41, 5.74) is 2.72. The van der Waals surface area contributed by atoms with Crippen molar-refractivity contribution in [3.8, 4) is 11.5 Å². The van der Waals surface area contributed by atoms with Crippen LogP contribution < -0.4 is 15.0 Å². The summed E-state index contributed by atoms with van der Waals surface area (Å²) in [5, 5.41) is 17.1. The van der Waals surface area contributed by atoms with Crippen LogP contribution in [0, 0.1) is 12.7 Å². The maximum Gasteiger partial charge on any atom is 0.322 e. The summed E-state index contributed by atoms with van der Waals surface area (Å²) in [6.07, 6.45) is 5.80. The normalized spacial score (nSPS) is 21.2. The zero-order valence-corrected chi connectivity index (χ0v) is 20.2. The molecule has 10 heteroatoms. The molecule has 3 aliphatic rings. The molecular formula is C26H28FN5O4. The Morgan fingerprint density at radius 3 is 2.75 bits per heavy atom. The maximum absolute atomic E-state index is 15.6. The number of amides is 3. The molecule has 0 radical (unpaired) electrons. The quantitative estimate of drug-likeness (QED) is 0.581. The molecule has 2 aromatic heterocycles. The van der Waals surface area contributed by atoms with E-state index in [2.05, 4.69) is 10.4 Å². The van der Waals surface area contributed by atoms with Crippen LogP contribution in [0.3, 0.4) is 0 Å². The number of hydrogen-bond donors (Lipinski definition) is 2. The smallest absolute Gasteiger partial charge is 0.322 e. The summed E-state index contributed by atoms with van der Waals surface area (Å²) in [6.45, 7) is 4.44. The molecule has 2 fully saturated rings. The number of hydrogen-bond acceptors (Lipinski definition) is 5. The first-order chi connectivity index (χ1) is 17.3. The number of nitrogens with one attached hydrogen (secondary N) is 1. The van der Waals surface area contributed by atoms with Gasteiger partial charge in [0.05, 0.1) is 29.6 Å². The number of β-amino-alcohol motifs (C(OH)–C–C–N with tert-alkyl or cyclic N) is 1. The van der Waals surface area contributed by atoms with Crippen LogP contribution in [-0.2, 0) is 6.42 Å². The highest BCUT2D eigenvalue weighted by Crippen LogP contribution is 2.38. The number of anilines is 1. The van der Waals surface area contributed by atoms with Crippen molar-refractivity contribution < 1.29 is 23.8 Å². The highest BCUT2D eigenvalue weighted by atomic mass is 19.1. The number of rotatable bonds is 4. The molecule has 6 rings (SSSR count). The number of likely N-dealkylation sites (tertiary alicyclic amines) is 1. The van der Waals surface area contributed by atoms with E-state index in [0.717, 1.165) is 12.8 Å². The minimum absolute atomic E-state index is 0.0549. The fraction of sp³-hybridized carbons (Fsp3) is 0.423. The Morgan fingerprint density at radius 2 is 2.03 bits per heavy atom. The molecule has 2 aliphatic heterocycles. The van der Waals surface area contributed by atoms with Gasteiger partial charge in [-0.1, -0.05) is 0 Å². The van der Waals surface area contributed by atoms with E-state index in [9.17, 15) is 14.7 Å². The fourth-order valence-corrected chi connectivity index (χ4v) is 5.04. The number of halogens is 1. The summed E-state index contributed by atoms with van der Waals surface area (Å²) < 4.78 is 23.2. The van der Waals surface area contributed by atoms with Crippen molar-refractivity contribution in [2.45, 2.75) is 57.7 Å². The summed E-state index contributed by atoms with van der Waals surface area (Å²) >= 11 is 0. The third-order valence-corrected chi connectivity index (χ3v) is 7.47. The van der Waals surface area contributed by atoms with Crippen molar-refractivity contribution in [1.29, 1.82) is 0 Å². The van der Waals surface area contributed by atoms with Gasteiger partial charge >= 0.3 is 6.03 Å². The lowest BCUT2D eigenvalue weighted by atomic mass is 9.99. The van der Waals surface area contributed by atoms with E-state index >= 15 is 4.39 Å². The fourth-order valence-electron chi connectivity index (χ4n) is 5.04. The van der Waals surface area contributed by atoms with E-state index in [1.54, 1.807) is 52.6 Å². The third-order valence-electron chi connectivity index (χ3n) is 7.47. The van der Waals surface area contributed by atoms with Crippen LogP contribution in [-0.4, -0.2) is 62.8 Å². The number of aliphatic hydroxyl groups excluding tert-OH is 1. The number of benzene rings is 1. The van der Waals surface area contributed by atoms with E-state index in [1.807, 2.05) is 0 Å². The van der Waals surface area contributed by atoms with Gasteiger partial charge < -0.3 is 20.1 Å². The molecule has 0 bridgehead atoms. The van der Waals surface area contributed by atoms with Crippen LogP contribution in [0.5, 0.6) is 11.5 Å². The highest BCUT2D eigenvalue weighted by molar-refractivity contribution is 5.99. The number of ether oxygens (including phenoxy) is 1. The summed E-state index contributed by atoms with van der Waals surface area (Å²) in [7, 11) is 0. The van der Waals surface area contributed by atoms with Crippen LogP contribution in [0.1, 0.15) is 47.7 Å². The molecule has 1 aromatic carbocycles. The standard InChI is InChI=1S/C26H28FN5O4/c1-14-18(25(34)31-13-20(33)15(31)2)12-32-24(14)22(9-10-28-32)36-21-8-7-19-17(23(21)27)4-3-11-30(19)26(35)29-16-5-6-16/h7-10,12,15-16,20,33H,3-6,11,13H2,1-2H3,(H,29,35)/t15-,20+/m0/s1. The van der Waals surface area contributed by atoms with Crippen molar-refractivity contribution in [3.63, 3.8) is 0 Å². The average Bonchev–Trinajstić information content (AvgIpc) is 3.63. The van der Waals surface area contributed by atoms with Gasteiger partial charge in [0.25, 0.3) is 5.91 Å². The van der Waals surface area contributed by atoms with Crippen LogP contribution in [0.2, 0.25) is 0 Å². The van der Waals surface area contributed by atoms with E-state index in [-0.39, 0.29) is 29.8 Å². The monoisotopic (exact) mass is 493 g/mol. The molecule has 1 aliphatic carbocycles. The zero-order valence-electron chi connectivity index (χ0n) is 20.2. The molecular weight excluding hydrogens is 465 g/mol. The van der Waals surface area contributed by atoms with E-state index in [0.29, 0.717) is 59.6 Å². The number of fused-ring (bicyclic) bond motifs is 2. The molecule has 1 saturated carbocycles. The molecule has 0 spiro atoms. The predicted octanol–water partition coefficient (Wildman–Crippen LogP) is 3.40. The third kappa shape index (κ3) is 3.67. The lowest BCUT2D eigenvalue weighted by Crippen LogP contribution is -2.60. The topological polar surface area (TPSA) is 99.4 Å². The molecule has 2 atom stereocenters. The molecule has 2 N–H and O–H groups in total. The first-order valence-electron chi connectivity index (χ1n) is 12.4. The Balaban J connectivity index is 1.31. The molecule has 36 heavy (non-hydrogen) atoms. The zero-order chi connectivity index (χ0) is 25.1. The number of aliphatic hydroxyl groups is 1. The molecule has 3 amide bonds. The SMILES string of the molecule is Cc1c(C(=O)N2C[C@@H](O)[C@@H]2C)cn2nccc(Oc3ccc4c(c3F)CCCN4C(=O)NC3CC3)c12. The lowest BCUT2D eigenvalue weighted by molar-refractivity contribution is -0.0357. The van der Waals surface area contributed by atoms with Crippen molar-refractivity contribution >= 4 is 23.1 Å². The van der Waals surface area contributed by atoms with Gasteiger partial charge in [-0.25, -0.2) is 13.7 Å². The van der Waals surface area contributed by atoms with E-state index < -0.39 is 11.9 Å². The number of nitrogens with zero attached hydrogens (tertiary/aromatic N) is 4. The number of aromatic nitrogens is 2. The largest absolute Gasteiger partial charge is 0.452 e.